The van der Waals surface area contributed by atoms with E-state index in [4.69, 9.17) is 4.74 Å². The van der Waals surface area contributed by atoms with Crippen molar-refractivity contribution < 1.29 is 23.1 Å². The Kier molecular flexibility index (Phi) is 5.74. The molecule has 26 heavy (non-hydrogen) atoms. The van der Waals surface area contributed by atoms with Crippen LogP contribution in [0.3, 0.4) is 0 Å². The minimum Gasteiger partial charge on any atom is -0.450 e. The topological polar surface area (TPSA) is 49.9 Å². The zero-order valence-electron chi connectivity index (χ0n) is 14.9. The van der Waals surface area contributed by atoms with Gasteiger partial charge in [0, 0.05) is 37.3 Å². The summed E-state index contributed by atoms with van der Waals surface area (Å²) < 4.78 is 32.2. The highest BCUT2D eigenvalue weighted by Crippen LogP contribution is 2.32. The molecule has 1 saturated heterocycles. The van der Waals surface area contributed by atoms with E-state index in [2.05, 4.69) is 0 Å². The molecule has 2 aliphatic rings. The average Bonchev–Trinajstić information content (AvgIpc) is 3.46. The summed E-state index contributed by atoms with van der Waals surface area (Å²) in [6.45, 7) is 3.08. The van der Waals surface area contributed by atoms with Crippen LogP contribution in [0.4, 0.5) is 13.6 Å². The number of ether oxygens (including phenoxy) is 1. The van der Waals surface area contributed by atoms with Gasteiger partial charge in [0.15, 0.2) is 0 Å². The van der Waals surface area contributed by atoms with E-state index in [0.717, 1.165) is 25.3 Å². The number of nitrogens with zero attached hydrogens (tertiary/aromatic N) is 2. The van der Waals surface area contributed by atoms with Crippen molar-refractivity contribution in [2.45, 2.75) is 45.2 Å². The highest BCUT2D eigenvalue weighted by atomic mass is 19.1. The lowest BCUT2D eigenvalue weighted by Crippen LogP contribution is -2.47. The molecule has 1 atom stereocenters. The second kappa shape index (κ2) is 8.01. The van der Waals surface area contributed by atoms with Gasteiger partial charge in [-0.05, 0) is 38.7 Å². The number of benzene rings is 1. The Balaban J connectivity index is 1.69. The van der Waals surface area contributed by atoms with Crippen LogP contribution in [0.15, 0.2) is 18.2 Å². The number of carbonyl (C=O) groups is 2. The van der Waals surface area contributed by atoms with Gasteiger partial charge in [-0.1, -0.05) is 6.07 Å². The van der Waals surface area contributed by atoms with Gasteiger partial charge in [0.05, 0.1) is 12.5 Å². The third kappa shape index (κ3) is 4.31. The van der Waals surface area contributed by atoms with E-state index < -0.39 is 17.7 Å². The molecule has 0 spiro atoms. The predicted molar refractivity (Wildman–Crippen MR) is 91.2 cm³/mol. The van der Waals surface area contributed by atoms with Gasteiger partial charge in [0.25, 0.3) is 0 Å². The molecule has 7 heteroatoms. The van der Waals surface area contributed by atoms with Crippen LogP contribution in [-0.4, -0.2) is 47.5 Å². The van der Waals surface area contributed by atoms with Crippen molar-refractivity contribution in [2.75, 3.05) is 19.7 Å². The number of amides is 2. The van der Waals surface area contributed by atoms with Gasteiger partial charge in [-0.15, -0.1) is 0 Å². The normalized spacial score (nSPS) is 20.0. The van der Waals surface area contributed by atoms with E-state index in [1.165, 1.54) is 12.1 Å². The summed E-state index contributed by atoms with van der Waals surface area (Å²) in [5, 5.41) is 0. The molecule has 5 nitrogen and oxygen atoms in total. The van der Waals surface area contributed by atoms with Crippen LogP contribution in [0.5, 0.6) is 0 Å². The van der Waals surface area contributed by atoms with Crippen LogP contribution in [-0.2, 0) is 16.1 Å². The van der Waals surface area contributed by atoms with Crippen molar-refractivity contribution in [3.05, 3.63) is 35.4 Å². The lowest BCUT2D eigenvalue weighted by atomic mass is 9.96. The standard InChI is InChI=1S/C19H24F2N2O3/c1-2-26-19(25)22-9-3-4-14(11-22)18(24)23(16-7-8-16)12-13-5-6-15(20)10-17(13)21/h5-6,10,14,16H,2-4,7-9,11-12H2,1H3. The van der Waals surface area contributed by atoms with E-state index in [0.29, 0.717) is 31.7 Å². The van der Waals surface area contributed by atoms with Crippen LogP contribution >= 0.6 is 0 Å². The highest BCUT2D eigenvalue weighted by molar-refractivity contribution is 5.80. The van der Waals surface area contributed by atoms with Crippen molar-refractivity contribution in [2.24, 2.45) is 5.92 Å². The molecule has 1 aliphatic heterocycles. The quantitative estimate of drug-likeness (QED) is 0.803. The summed E-state index contributed by atoms with van der Waals surface area (Å²) in [4.78, 5) is 28.2. The van der Waals surface area contributed by atoms with Gasteiger partial charge in [0.1, 0.15) is 11.6 Å². The molecule has 3 rings (SSSR count). The highest BCUT2D eigenvalue weighted by Gasteiger charge is 2.38. The number of likely N-dealkylation sites (tertiary alicyclic amines) is 1. The van der Waals surface area contributed by atoms with Gasteiger partial charge in [0.2, 0.25) is 5.91 Å². The Bertz CT molecular complexity index is 679. The molecular weight excluding hydrogens is 342 g/mol. The fourth-order valence-electron chi connectivity index (χ4n) is 3.40. The molecule has 0 N–H and O–H groups in total. The summed E-state index contributed by atoms with van der Waals surface area (Å²) in [7, 11) is 0. The fourth-order valence-corrected chi connectivity index (χ4v) is 3.40. The van der Waals surface area contributed by atoms with E-state index in [1.54, 1.807) is 16.7 Å². The minimum absolute atomic E-state index is 0.0646. The minimum atomic E-state index is -0.639. The number of halogens is 2. The van der Waals surface area contributed by atoms with Crippen molar-refractivity contribution in [1.29, 1.82) is 0 Å². The van der Waals surface area contributed by atoms with Crippen LogP contribution < -0.4 is 0 Å². The number of carbonyl (C=O) groups excluding carboxylic acids is 2. The first kappa shape index (κ1) is 18.6. The molecule has 1 aromatic rings. The van der Waals surface area contributed by atoms with E-state index >= 15 is 0 Å². The monoisotopic (exact) mass is 366 g/mol. The lowest BCUT2D eigenvalue weighted by Gasteiger charge is -2.34. The van der Waals surface area contributed by atoms with Crippen LogP contribution in [0.25, 0.3) is 0 Å². The molecule has 1 heterocycles. The maximum absolute atomic E-state index is 14.0. The van der Waals surface area contributed by atoms with Crippen molar-refractivity contribution in [3.63, 3.8) is 0 Å². The van der Waals surface area contributed by atoms with Gasteiger partial charge in [-0.2, -0.15) is 0 Å². The molecule has 0 radical (unpaired) electrons. The molecule has 1 saturated carbocycles. The smallest absolute Gasteiger partial charge is 0.409 e. The summed E-state index contributed by atoms with van der Waals surface area (Å²) in [6.07, 6.45) is 2.82. The Labute approximate surface area is 151 Å². The number of rotatable bonds is 5. The van der Waals surface area contributed by atoms with Crippen LogP contribution in [0, 0.1) is 17.6 Å². The molecule has 1 unspecified atom stereocenters. The zero-order valence-corrected chi connectivity index (χ0v) is 14.9. The Morgan fingerprint density at radius 1 is 1.27 bits per heavy atom. The Hall–Kier alpha value is -2.18. The first-order valence-corrected chi connectivity index (χ1v) is 9.15. The van der Waals surface area contributed by atoms with Crippen molar-refractivity contribution in [1.82, 2.24) is 9.80 Å². The summed E-state index contributed by atoms with van der Waals surface area (Å²) in [6, 6.07) is 3.54. The first-order valence-electron chi connectivity index (χ1n) is 9.15. The SMILES string of the molecule is CCOC(=O)N1CCCC(C(=O)N(Cc2ccc(F)cc2F)C2CC2)C1. The van der Waals surface area contributed by atoms with Crippen LogP contribution in [0.2, 0.25) is 0 Å². The van der Waals surface area contributed by atoms with Crippen molar-refractivity contribution >= 4 is 12.0 Å². The predicted octanol–water partition coefficient (Wildman–Crippen LogP) is 3.32. The summed E-state index contributed by atoms with van der Waals surface area (Å²) in [5.74, 6) is -1.64. The van der Waals surface area contributed by atoms with E-state index in [1.807, 2.05) is 0 Å². The second-order valence-corrected chi connectivity index (χ2v) is 6.92. The molecule has 142 valence electrons. The number of piperidine rings is 1. The Morgan fingerprint density at radius 3 is 2.69 bits per heavy atom. The third-order valence-corrected chi connectivity index (χ3v) is 4.92. The average molecular weight is 366 g/mol. The summed E-state index contributed by atoms with van der Waals surface area (Å²) >= 11 is 0. The molecule has 1 aromatic carbocycles. The molecule has 0 aromatic heterocycles. The van der Waals surface area contributed by atoms with Crippen molar-refractivity contribution in [3.8, 4) is 0 Å². The number of hydrogen-bond acceptors (Lipinski definition) is 3. The van der Waals surface area contributed by atoms with Gasteiger partial charge < -0.3 is 14.5 Å². The molecule has 0 bridgehead atoms. The number of hydrogen-bond donors (Lipinski definition) is 0. The molecular formula is C19H24F2N2O3. The zero-order chi connectivity index (χ0) is 18.7. The third-order valence-electron chi connectivity index (χ3n) is 4.92. The second-order valence-electron chi connectivity index (χ2n) is 6.92. The molecule has 2 fully saturated rings. The molecule has 2 amide bonds. The Morgan fingerprint density at radius 2 is 2.04 bits per heavy atom. The molecule has 1 aliphatic carbocycles. The maximum Gasteiger partial charge on any atom is 0.409 e. The maximum atomic E-state index is 14.0. The first-order chi connectivity index (χ1) is 12.5. The van der Waals surface area contributed by atoms with Crippen LogP contribution in [0.1, 0.15) is 38.2 Å². The van der Waals surface area contributed by atoms with Gasteiger partial charge in [-0.3, -0.25) is 4.79 Å². The summed E-state index contributed by atoms with van der Waals surface area (Å²) in [5.41, 5.74) is 0.310. The van der Waals surface area contributed by atoms with E-state index in [9.17, 15) is 18.4 Å². The van der Waals surface area contributed by atoms with E-state index in [-0.39, 0.29) is 24.4 Å². The fraction of sp³-hybridized carbons (Fsp3) is 0.579. The van der Waals surface area contributed by atoms with Gasteiger partial charge >= 0.3 is 6.09 Å². The van der Waals surface area contributed by atoms with Gasteiger partial charge in [-0.25, -0.2) is 13.6 Å². The largest absolute Gasteiger partial charge is 0.450 e. The lowest BCUT2D eigenvalue weighted by molar-refractivity contribution is -0.138.